The molecule has 7 heteroatoms. The molecule has 0 bridgehead atoms. The van der Waals surface area contributed by atoms with Crippen LogP contribution in [0.2, 0.25) is 0 Å². The van der Waals surface area contributed by atoms with Crippen molar-refractivity contribution in [2.45, 2.75) is 31.6 Å². The molecule has 3 aromatic rings. The third-order valence-corrected chi connectivity index (χ3v) is 6.92. The van der Waals surface area contributed by atoms with Crippen LogP contribution in [0.15, 0.2) is 54.7 Å². The molecule has 3 heterocycles. The summed E-state index contributed by atoms with van der Waals surface area (Å²) in [5, 5.41) is 1.30. The number of hydrogen-bond donors (Lipinski definition) is 1. The first-order valence-corrected chi connectivity index (χ1v) is 11.4. The molecule has 0 unspecified atom stereocenters. The second-order valence-corrected chi connectivity index (χ2v) is 8.96. The Morgan fingerprint density at radius 1 is 0.938 bits per heavy atom. The molecule has 2 saturated heterocycles. The Kier molecular flexibility index (Phi) is 5.86. The minimum atomic E-state index is -4.30. The SMILES string of the molecule is FC(F)(F)c1cccc(N2CCN([C@H]3CCCN(Cc4c[nH]c5ccccc45)C3)CC2)c1. The number of fused-ring (bicyclic) bond motifs is 1. The number of hydrogen-bond acceptors (Lipinski definition) is 3. The first kappa shape index (κ1) is 21.3. The van der Waals surface area contributed by atoms with Crippen molar-refractivity contribution in [2.75, 3.05) is 44.2 Å². The van der Waals surface area contributed by atoms with E-state index in [1.165, 1.54) is 41.4 Å². The highest BCUT2D eigenvalue weighted by atomic mass is 19.4. The largest absolute Gasteiger partial charge is 0.416 e. The minimum Gasteiger partial charge on any atom is -0.369 e. The molecular weight excluding hydrogens is 413 g/mol. The van der Waals surface area contributed by atoms with Crippen LogP contribution in [0.1, 0.15) is 24.0 Å². The fourth-order valence-corrected chi connectivity index (χ4v) is 5.20. The van der Waals surface area contributed by atoms with E-state index in [1.807, 2.05) is 0 Å². The standard InChI is InChI=1S/C25H29F3N4/c26-25(27,28)20-5-3-6-21(15-20)31-11-13-32(14-12-31)22-7-4-10-30(18-22)17-19-16-29-24-9-2-1-8-23(19)24/h1-3,5-6,8-9,15-16,22,29H,4,7,10-14,17-18H2/t22-/m0/s1. The molecule has 1 N–H and O–H groups in total. The Morgan fingerprint density at radius 2 is 1.75 bits per heavy atom. The number of aromatic amines is 1. The fourth-order valence-electron chi connectivity index (χ4n) is 5.20. The Labute approximate surface area is 186 Å². The summed E-state index contributed by atoms with van der Waals surface area (Å²) in [5.41, 5.74) is 2.62. The van der Waals surface area contributed by atoms with Crippen LogP contribution in [0.5, 0.6) is 0 Å². The molecule has 2 aliphatic heterocycles. The quantitative estimate of drug-likeness (QED) is 0.618. The maximum absolute atomic E-state index is 13.1. The van der Waals surface area contributed by atoms with E-state index in [0.717, 1.165) is 51.9 Å². The van der Waals surface area contributed by atoms with E-state index in [1.54, 1.807) is 6.07 Å². The first-order chi connectivity index (χ1) is 15.5. The Morgan fingerprint density at radius 3 is 2.56 bits per heavy atom. The number of halogens is 3. The van der Waals surface area contributed by atoms with Crippen molar-refractivity contribution in [1.82, 2.24) is 14.8 Å². The number of piperazine rings is 1. The topological polar surface area (TPSA) is 25.5 Å². The number of anilines is 1. The van der Waals surface area contributed by atoms with Crippen LogP contribution in [0.4, 0.5) is 18.9 Å². The van der Waals surface area contributed by atoms with Crippen molar-refractivity contribution in [3.63, 3.8) is 0 Å². The van der Waals surface area contributed by atoms with Gasteiger partial charge in [-0.15, -0.1) is 0 Å². The zero-order valence-corrected chi connectivity index (χ0v) is 18.1. The van der Waals surface area contributed by atoms with Gasteiger partial charge in [0.2, 0.25) is 0 Å². The third-order valence-electron chi connectivity index (χ3n) is 6.92. The van der Waals surface area contributed by atoms with E-state index >= 15 is 0 Å². The number of nitrogens with one attached hydrogen (secondary N) is 1. The normalized spacial score (nSPS) is 21.3. The number of benzene rings is 2. The van der Waals surface area contributed by atoms with Crippen LogP contribution in [0.25, 0.3) is 10.9 Å². The highest BCUT2D eigenvalue weighted by Gasteiger charge is 2.32. The van der Waals surface area contributed by atoms with Crippen LogP contribution in [-0.2, 0) is 12.7 Å². The Balaban J connectivity index is 1.19. The predicted molar refractivity (Wildman–Crippen MR) is 122 cm³/mol. The van der Waals surface area contributed by atoms with Crippen molar-refractivity contribution in [1.29, 1.82) is 0 Å². The number of piperidine rings is 1. The van der Waals surface area contributed by atoms with Gasteiger partial charge in [0.15, 0.2) is 0 Å². The van der Waals surface area contributed by atoms with Gasteiger partial charge >= 0.3 is 6.18 Å². The number of para-hydroxylation sites is 1. The second kappa shape index (κ2) is 8.79. The molecule has 170 valence electrons. The number of aromatic nitrogens is 1. The Hall–Kier alpha value is -2.51. The predicted octanol–water partition coefficient (Wildman–Crippen LogP) is 4.97. The van der Waals surface area contributed by atoms with Crippen LogP contribution in [0, 0.1) is 0 Å². The zero-order chi connectivity index (χ0) is 22.1. The van der Waals surface area contributed by atoms with Crippen molar-refractivity contribution >= 4 is 16.6 Å². The highest BCUT2D eigenvalue weighted by Crippen LogP contribution is 2.32. The average Bonchev–Trinajstić information content (AvgIpc) is 3.22. The van der Waals surface area contributed by atoms with Crippen molar-refractivity contribution in [3.8, 4) is 0 Å². The molecule has 1 atom stereocenters. The smallest absolute Gasteiger partial charge is 0.369 e. The lowest BCUT2D eigenvalue weighted by Crippen LogP contribution is -2.55. The molecule has 0 spiro atoms. The van der Waals surface area contributed by atoms with Crippen LogP contribution < -0.4 is 4.90 Å². The number of alkyl halides is 3. The highest BCUT2D eigenvalue weighted by molar-refractivity contribution is 5.82. The molecule has 4 nitrogen and oxygen atoms in total. The van der Waals surface area contributed by atoms with Gasteiger partial charge in [-0.2, -0.15) is 13.2 Å². The fraction of sp³-hybridized carbons (Fsp3) is 0.440. The lowest BCUT2D eigenvalue weighted by Gasteiger charge is -2.44. The van der Waals surface area contributed by atoms with Gasteiger partial charge in [-0.1, -0.05) is 24.3 Å². The number of nitrogens with zero attached hydrogens (tertiary/aromatic N) is 3. The molecule has 0 aliphatic carbocycles. The van der Waals surface area contributed by atoms with Crippen LogP contribution >= 0.6 is 0 Å². The van der Waals surface area contributed by atoms with Gasteiger partial charge in [0, 0.05) is 68.1 Å². The molecule has 1 aromatic heterocycles. The van der Waals surface area contributed by atoms with Gasteiger partial charge in [0.05, 0.1) is 5.56 Å². The van der Waals surface area contributed by atoms with Crippen LogP contribution in [0.3, 0.4) is 0 Å². The van der Waals surface area contributed by atoms with Crippen molar-refractivity contribution in [2.24, 2.45) is 0 Å². The van der Waals surface area contributed by atoms with Gasteiger partial charge in [-0.25, -0.2) is 0 Å². The van der Waals surface area contributed by atoms with E-state index in [0.29, 0.717) is 11.7 Å². The summed E-state index contributed by atoms with van der Waals surface area (Å²) in [6, 6.07) is 14.7. The Bertz CT molecular complexity index is 1050. The second-order valence-electron chi connectivity index (χ2n) is 8.96. The maximum atomic E-state index is 13.1. The van der Waals surface area contributed by atoms with E-state index in [2.05, 4.69) is 50.1 Å². The van der Waals surface area contributed by atoms with Gasteiger partial charge in [0.25, 0.3) is 0 Å². The summed E-state index contributed by atoms with van der Waals surface area (Å²) < 4.78 is 39.2. The van der Waals surface area contributed by atoms with E-state index in [4.69, 9.17) is 0 Å². The molecule has 2 fully saturated rings. The minimum absolute atomic E-state index is 0.512. The molecule has 5 rings (SSSR count). The molecule has 0 radical (unpaired) electrons. The summed E-state index contributed by atoms with van der Waals surface area (Å²) >= 11 is 0. The van der Waals surface area contributed by atoms with Gasteiger partial charge in [0.1, 0.15) is 0 Å². The van der Waals surface area contributed by atoms with Gasteiger partial charge in [-0.3, -0.25) is 9.80 Å². The van der Waals surface area contributed by atoms with E-state index in [9.17, 15) is 13.2 Å². The van der Waals surface area contributed by atoms with E-state index < -0.39 is 11.7 Å². The van der Waals surface area contributed by atoms with Crippen molar-refractivity contribution < 1.29 is 13.2 Å². The maximum Gasteiger partial charge on any atom is 0.416 e. The molecule has 0 saturated carbocycles. The summed E-state index contributed by atoms with van der Waals surface area (Å²) in [7, 11) is 0. The van der Waals surface area contributed by atoms with Gasteiger partial charge in [-0.05, 0) is 49.2 Å². The molecular formula is C25H29F3N4. The molecule has 0 amide bonds. The summed E-state index contributed by atoms with van der Waals surface area (Å²) in [6.45, 7) is 6.41. The molecule has 2 aromatic carbocycles. The van der Waals surface area contributed by atoms with Gasteiger partial charge < -0.3 is 9.88 Å². The van der Waals surface area contributed by atoms with E-state index in [-0.39, 0.29) is 0 Å². The van der Waals surface area contributed by atoms with Crippen LogP contribution in [-0.4, -0.2) is 60.1 Å². The van der Waals surface area contributed by atoms with Crippen molar-refractivity contribution in [3.05, 3.63) is 65.9 Å². The number of H-pyrrole nitrogens is 1. The molecule has 2 aliphatic rings. The average molecular weight is 443 g/mol. The monoisotopic (exact) mass is 442 g/mol. The number of rotatable bonds is 4. The first-order valence-electron chi connectivity index (χ1n) is 11.4. The number of likely N-dealkylation sites (tertiary alicyclic amines) is 1. The lowest BCUT2D eigenvalue weighted by atomic mass is 10.0. The summed E-state index contributed by atoms with van der Waals surface area (Å²) in [5.74, 6) is 0. The zero-order valence-electron chi connectivity index (χ0n) is 18.1. The molecule has 32 heavy (non-hydrogen) atoms. The summed E-state index contributed by atoms with van der Waals surface area (Å²) in [4.78, 5) is 10.5. The third kappa shape index (κ3) is 4.50. The lowest BCUT2D eigenvalue weighted by molar-refractivity contribution is -0.137. The summed E-state index contributed by atoms with van der Waals surface area (Å²) in [6.07, 6.45) is 0.200.